The van der Waals surface area contributed by atoms with Crippen LogP contribution in [0, 0.1) is 11.3 Å². The first kappa shape index (κ1) is 15.3. The molecule has 1 aliphatic carbocycles. The fourth-order valence-electron chi connectivity index (χ4n) is 3.28. The van der Waals surface area contributed by atoms with Crippen LogP contribution in [0.2, 0.25) is 0 Å². The molecule has 2 fully saturated rings. The largest absolute Gasteiger partial charge is 0.317 e. The minimum absolute atomic E-state index is 0.180. The molecule has 1 heterocycles. The lowest BCUT2D eigenvalue weighted by Crippen LogP contribution is -2.40. The second-order valence-electron chi connectivity index (χ2n) is 6.67. The molecule has 112 valence electrons. The van der Waals surface area contributed by atoms with Gasteiger partial charge in [-0.1, -0.05) is 26.2 Å². The standard InChI is InChI=1S/C14H28N2O2S/c1-14(7-3-2-4-8-14)12-16-19(17,18)11-13-5-9-15-10-6-13/h13,15-16H,2-12H2,1H3. The number of hydrogen-bond acceptors (Lipinski definition) is 3. The molecule has 19 heavy (non-hydrogen) atoms. The smallest absolute Gasteiger partial charge is 0.211 e. The lowest BCUT2D eigenvalue weighted by atomic mass is 9.76. The first-order valence-corrected chi connectivity index (χ1v) is 9.32. The summed E-state index contributed by atoms with van der Waals surface area (Å²) < 4.78 is 27.2. The fourth-order valence-corrected chi connectivity index (χ4v) is 4.92. The van der Waals surface area contributed by atoms with Gasteiger partial charge < -0.3 is 5.32 Å². The van der Waals surface area contributed by atoms with E-state index in [1.165, 1.54) is 19.3 Å². The lowest BCUT2D eigenvalue weighted by molar-refractivity contribution is 0.219. The van der Waals surface area contributed by atoms with E-state index < -0.39 is 10.0 Å². The van der Waals surface area contributed by atoms with Crippen LogP contribution in [-0.2, 0) is 10.0 Å². The zero-order valence-electron chi connectivity index (χ0n) is 12.1. The van der Waals surface area contributed by atoms with Gasteiger partial charge in [-0.05, 0) is 50.1 Å². The highest BCUT2D eigenvalue weighted by Crippen LogP contribution is 2.35. The molecule has 0 amide bonds. The quantitative estimate of drug-likeness (QED) is 0.812. The number of piperidine rings is 1. The van der Waals surface area contributed by atoms with E-state index in [0.717, 1.165) is 38.8 Å². The third kappa shape index (κ3) is 5.04. The van der Waals surface area contributed by atoms with Crippen molar-refractivity contribution in [3.05, 3.63) is 0 Å². The van der Waals surface area contributed by atoms with Crippen LogP contribution in [0.4, 0.5) is 0 Å². The van der Waals surface area contributed by atoms with E-state index in [-0.39, 0.29) is 5.41 Å². The van der Waals surface area contributed by atoms with Crippen LogP contribution in [-0.4, -0.2) is 33.8 Å². The van der Waals surface area contributed by atoms with Crippen molar-refractivity contribution in [2.24, 2.45) is 11.3 Å². The van der Waals surface area contributed by atoms with Gasteiger partial charge >= 0.3 is 0 Å². The summed E-state index contributed by atoms with van der Waals surface area (Å²) in [5.41, 5.74) is 0.180. The van der Waals surface area contributed by atoms with Gasteiger partial charge in [0.25, 0.3) is 0 Å². The Morgan fingerprint density at radius 3 is 2.42 bits per heavy atom. The Kier molecular flexibility index (Phi) is 5.26. The van der Waals surface area contributed by atoms with Crippen molar-refractivity contribution < 1.29 is 8.42 Å². The maximum Gasteiger partial charge on any atom is 0.211 e. The molecule has 1 saturated heterocycles. The summed E-state index contributed by atoms with van der Waals surface area (Å²) >= 11 is 0. The molecule has 1 saturated carbocycles. The van der Waals surface area contributed by atoms with Crippen LogP contribution in [0.1, 0.15) is 51.9 Å². The first-order valence-electron chi connectivity index (χ1n) is 7.67. The van der Waals surface area contributed by atoms with Crippen molar-refractivity contribution in [3.8, 4) is 0 Å². The summed E-state index contributed by atoms with van der Waals surface area (Å²) in [6.07, 6.45) is 8.07. The molecular weight excluding hydrogens is 260 g/mol. The molecule has 0 atom stereocenters. The Labute approximate surface area is 117 Å². The minimum atomic E-state index is -3.10. The SMILES string of the molecule is CC1(CNS(=O)(=O)CC2CCNCC2)CCCCC1. The van der Waals surface area contributed by atoms with Gasteiger partial charge in [-0.25, -0.2) is 13.1 Å². The van der Waals surface area contributed by atoms with Crippen LogP contribution >= 0.6 is 0 Å². The summed E-state index contributed by atoms with van der Waals surface area (Å²) in [6.45, 7) is 4.76. The summed E-state index contributed by atoms with van der Waals surface area (Å²) in [6, 6.07) is 0. The van der Waals surface area contributed by atoms with Crippen molar-refractivity contribution >= 4 is 10.0 Å². The van der Waals surface area contributed by atoms with E-state index in [9.17, 15) is 8.42 Å². The van der Waals surface area contributed by atoms with E-state index >= 15 is 0 Å². The lowest BCUT2D eigenvalue weighted by Gasteiger charge is -2.33. The summed E-state index contributed by atoms with van der Waals surface area (Å²) in [5, 5.41) is 3.27. The van der Waals surface area contributed by atoms with E-state index in [1.54, 1.807) is 0 Å². The van der Waals surface area contributed by atoms with E-state index in [1.807, 2.05) is 0 Å². The molecule has 0 aromatic carbocycles. The van der Waals surface area contributed by atoms with E-state index in [4.69, 9.17) is 0 Å². The summed E-state index contributed by atoms with van der Waals surface area (Å²) in [7, 11) is -3.10. The number of hydrogen-bond donors (Lipinski definition) is 2. The van der Waals surface area contributed by atoms with Crippen molar-refractivity contribution in [1.29, 1.82) is 0 Å². The Morgan fingerprint density at radius 1 is 1.16 bits per heavy atom. The highest BCUT2D eigenvalue weighted by atomic mass is 32.2. The molecule has 0 bridgehead atoms. The van der Waals surface area contributed by atoms with Gasteiger partial charge in [-0.3, -0.25) is 0 Å². The molecule has 1 aliphatic heterocycles. The monoisotopic (exact) mass is 288 g/mol. The molecule has 0 unspecified atom stereocenters. The van der Waals surface area contributed by atoms with Gasteiger partial charge in [0.1, 0.15) is 0 Å². The second kappa shape index (κ2) is 6.55. The second-order valence-corrected chi connectivity index (χ2v) is 8.52. The van der Waals surface area contributed by atoms with Crippen LogP contribution in [0.15, 0.2) is 0 Å². The Bertz CT molecular complexity index is 369. The average molecular weight is 288 g/mol. The van der Waals surface area contributed by atoms with Gasteiger partial charge in [0.15, 0.2) is 0 Å². The normalized spacial score (nSPS) is 25.3. The van der Waals surface area contributed by atoms with E-state index in [2.05, 4.69) is 17.0 Å². The van der Waals surface area contributed by atoms with Gasteiger partial charge in [0.05, 0.1) is 5.75 Å². The average Bonchev–Trinajstić information content (AvgIpc) is 2.38. The van der Waals surface area contributed by atoms with Gasteiger partial charge in [-0.15, -0.1) is 0 Å². The third-order valence-electron chi connectivity index (χ3n) is 4.69. The highest BCUT2D eigenvalue weighted by molar-refractivity contribution is 7.89. The zero-order chi connectivity index (χ0) is 13.8. The summed E-state index contributed by atoms with van der Waals surface area (Å²) in [4.78, 5) is 0. The molecule has 2 rings (SSSR count). The molecular formula is C14H28N2O2S. The van der Waals surface area contributed by atoms with Crippen LogP contribution in [0.25, 0.3) is 0 Å². The number of sulfonamides is 1. The van der Waals surface area contributed by atoms with Crippen molar-refractivity contribution in [3.63, 3.8) is 0 Å². The summed E-state index contributed by atoms with van der Waals surface area (Å²) in [5.74, 6) is 0.642. The molecule has 5 heteroatoms. The molecule has 0 aromatic heterocycles. The fraction of sp³-hybridized carbons (Fsp3) is 1.00. The molecule has 0 radical (unpaired) electrons. The van der Waals surface area contributed by atoms with Crippen molar-refractivity contribution in [2.75, 3.05) is 25.4 Å². The zero-order valence-corrected chi connectivity index (χ0v) is 12.9. The van der Waals surface area contributed by atoms with Crippen LogP contribution < -0.4 is 10.0 Å². The third-order valence-corrected chi connectivity index (χ3v) is 6.19. The molecule has 4 nitrogen and oxygen atoms in total. The van der Waals surface area contributed by atoms with Crippen molar-refractivity contribution in [1.82, 2.24) is 10.0 Å². The topological polar surface area (TPSA) is 58.2 Å². The number of rotatable bonds is 5. The van der Waals surface area contributed by atoms with Crippen LogP contribution in [0.5, 0.6) is 0 Å². The van der Waals surface area contributed by atoms with Gasteiger partial charge in [-0.2, -0.15) is 0 Å². The molecule has 0 spiro atoms. The molecule has 2 N–H and O–H groups in total. The maximum atomic E-state index is 12.2. The van der Waals surface area contributed by atoms with Crippen molar-refractivity contribution in [2.45, 2.75) is 51.9 Å². The maximum absolute atomic E-state index is 12.2. The highest BCUT2D eigenvalue weighted by Gasteiger charge is 2.29. The molecule has 2 aliphatic rings. The predicted molar refractivity (Wildman–Crippen MR) is 78.6 cm³/mol. The van der Waals surface area contributed by atoms with Gasteiger partial charge in [0, 0.05) is 6.54 Å². The van der Waals surface area contributed by atoms with Crippen LogP contribution in [0.3, 0.4) is 0 Å². The van der Waals surface area contributed by atoms with Gasteiger partial charge in [0.2, 0.25) is 10.0 Å². The molecule has 0 aromatic rings. The predicted octanol–water partition coefficient (Wildman–Crippen LogP) is 1.88. The minimum Gasteiger partial charge on any atom is -0.317 e. The number of nitrogens with one attached hydrogen (secondary N) is 2. The Balaban J connectivity index is 1.79. The first-order chi connectivity index (χ1) is 8.99. The van der Waals surface area contributed by atoms with E-state index in [0.29, 0.717) is 18.2 Å². The Hall–Kier alpha value is -0.130. The Morgan fingerprint density at radius 2 is 1.79 bits per heavy atom.